The molecule has 1 heterocycles. The predicted octanol–water partition coefficient (Wildman–Crippen LogP) is 4.20. The molecular weight excluding hydrogens is 228 g/mol. The third-order valence-electron chi connectivity index (χ3n) is 2.59. The van der Waals surface area contributed by atoms with Gasteiger partial charge in [0, 0.05) is 18.0 Å². The fraction of sp³-hybridized carbons (Fsp3) is 0.727. The van der Waals surface area contributed by atoms with E-state index in [-0.39, 0.29) is 0 Å². The van der Waals surface area contributed by atoms with Gasteiger partial charge in [-0.1, -0.05) is 31.9 Å². The molecule has 0 bridgehead atoms. The van der Waals surface area contributed by atoms with E-state index in [2.05, 4.69) is 30.7 Å². The van der Waals surface area contributed by atoms with E-state index in [9.17, 15) is 0 Å². The molecule has 0 aliphatic heterocycles. The van der Waals surface area contributed by atoms with Gasteiger partial charge in [-0.15, -0.1) is 11.3 Å². The normalized spacial score (nSPS) is 12.8. The molecule has 15 heavy (non-hydrogen) atoms. The van der Waals surface area contributed by atoms with Crippen LogP contribution in [0.4, 0.5) is 5.13 Å². The number of hydrogen-bond donors (Lipinski definition) is 0. The van der Waals surface area contributed by atoms with E-state index in [0.29, 0.717) is 11.2 Å². The molecule has 0 aromatic carbocycles. The third-order valence-corrected chi connectivity index (χ3v) is 3.79. The maximum absolute atomic E-state index is 5.86. The van der Waals surface area contributed by atoms with Crippen molar-refractivity contribution in [1.82, 2.24) is 4.98 Å². The van der Waals surface area contributed by atoms with Crippen LogP contribution in [0.5, 0.6) is 0 Å². The molecule has 1 aromatic heterocycles. The molecule has 1 atom stereocenters. The van der Waals surface area contributed by atoms with Crippen molar-refractivity contribution in [3.8, 4) is 0 Å². The van der Waals surface area contributed by atoms with Gasteiger partial charge in [0.2, 0.25) is 0 Å². The van der Waals surface area contributed by atoms with Gasteiger partial charge in [-0.2, -0.15) is 0 Å². The molecule has 86 valence electrons. The van der Waals surface area contributed by atoms with Crippen molar-refractivity contribution in [2.24, 2.45) is 0 Å². The molecule has 0 N–H and O–H groups in total. The Hall–Kier alpha value is -0.280. The Balaban J connectivity index is 2.71. The standard InChI is InChI=1S/C11H19ClN2S/c1-4-6-7-14(9(3)5-2)11-13-10(12)8-15-11/h8-9H,4-7H2,1-3H3. The molecular formula is C11H19ClN2S. The van der Waals surface area contributed by atoms with Gasteiger partial charge in [-0.25, -0.2) is 4.98 Å². The molecule has 0 aliphatic rings. The van der Waals surface area contributed by atoms with Crippen LogP contribution in [-0.4, -0.2) is 17.6 Å². The first-order valence-corrected chi connectivity index (χ1v) is 6.82. The molecule has 0 saturated heterocycles. The summed E-state index contributed by atoms with van der Waals surface area (Å²) in [6.07, 6.45) is 3.56. The Morgan fingerprint density at radius 1 is 1.53 bits per heavy atom. The SMILES string of the molecule is CCCCN(c1nc(Cl)cs1)C(C)CC. The van der Waals surface area contributed by atoms with Crippen LogP contribution in [0.15, 0.2) is 5.38 Å². The molecule has 0 fully saturated rings. The zero-order valence-corrected chi connectivity index (χ0v) is 11.2. The second kappa shape index (κ2) is 6.33. The largest absolute Gasteiger partial charge is 0.345 e. The first-order chi connectivity index (χ1) is 7.19. The average molecular weight is 247 g/mol. The van der Waals surface area contributed by atoms with Crippen LogP contribution in [0.25, 0.3) is 0 Å². The number of halogens is 1. The monoisotopic (exact) mass is 246 g/mol. The molecule has 0 aliphatic carbocycles. The van der Waals surface area contributed by atoms with E-state index in [4.69, 9.17) is 11.6 Å². The fourth-order valence-electron chi connectivity index (χ4n) is 1.43. The molecule has 0 amide bonds. The minimum absolute atomic E-state index is 0.541. The Labute approximate surface area is 101 Å². The highest BCUT2D eigenvalue weighted by molar-refractivity contribution is 7.14. The highest BCUT2D eigenvalue weighted by Crippen LogP contribution is 2.26. The lowest BCUT2D eigenvalue weighted by Crippen LogP contribution is -2.33. The third kappa shape index (κ3) is 3.65. The minimum Gasteiger partial charge on any atom is -0.345 e. The summed E-state index contributed by atoms with van der Waals surface area (Å²) in [5.74, 6) is 0. The van der Waals surface area contributed by atoms with Gasteiger partial charge < -0.3 is 4.90 Å². The van der Waals surface area contributed by atoms with Crippen LogP contribution >= 0.6 is 22.9 Å². The summed E-state index contributed by atoms with van der Waals surface area (Å²) in [5, 5.41) is 3.57. The van der Waals surface area contributed by atoms with Gasteiger partial charge in [0.05, 0.1) is 0 Å². The number of rotatable bonds is 6. The maximum atomic E-state index is 5.86. The number of unbranched alkanes of at least 4 members (excludes halogenated alkanes) is 1. The van der Waals surface area contributed by atoms with Crippen molar-refractivity contribution in [2.45, 2.75) is 46.1 Å². The molecule has 1 unspecified atom stereocenters. The van der Waals surface area contributed by atoms with Crippen molar-refractivity contribution >= 4 is 28.1 Å². The number of hydrogen-bond acceptors (Lipinski definition) is 3. The van der Waals surface area contributed by atoms with Crippen molar-refractivity contribution in [3.05, 3.63) is 10.5 Å². The molecule has 0 saturated carbocycles. The second-order valence-electron chi connectivity index (χ2n) is 3.76. The smallest absolute Gasteiger partial charge is 0.186 e. The van der Waals surface area contributed by atoms with Gasteiger partial charge in [0.15, 0.2) is 5.13 Å². The van der Waals surface area contributed by atoms with Crippen LogP contribution in [-0.2, 0) is 0 Å². The van der Waals surface area contributed by atoms with Gasteiger partial charge in [0.1, 0.15) is 5.15 Å². The van der Waals surface area contributed by atoms with E-state index >= 15 is 0 Å². The summed E-state index contributed by atoms with van der Waals surface area (Å²) in [6, 6.07) is 0.541. The van der Waals surface area contributed by atoms with E-state index in [0.717, 1.165) is 18.1 Å². The minimum atomic E-state index is 0.541. The number of aromatic nitrogens is 1. The second-order valence-corrected chi connectivity index (χ2v) is 4.98. The van der Waals surface area contributed by atoms with E-state index in [1.165, 1.54) is 12.8 Å². The summed E-state index contributed by atoms with van der Waals surface area (Å²) in [4.78, 5) is 6.70. The number of thiazole rings is 1. The molecule has 0 spiro atoms. The first-order valence-electron chi connectivity index (χ1n) is 5.56. The maximum Gasteiger partial charge on any atom is 0.186 e. The highest BCUT2D eigenvalue weighted by Gasteiger charge is 2.15. The lowest BCUT2D eigenvalue weighted by Gasteiger charge is -2.27. The van der Waals surface area contributed by atoms with Gasteiger partial charge in [-0.05, 0) is 19.8 Å². The summed E-state index contributed by atoms with van der Waals surface area (Å²) < 4.78 is 0. The molecule has 0 radical (unpaired) electrons. The lowest BCUT2D eigenvalue weighted by atomic mass is 10.2. The topological polar surface area (TPSA) is 16.1 Å². The Morgan fingerprint density at radius 3 is 2.73 bits per heavy atom. The van der Waals surface area contributed by atoms with Crippen LogP contribution < -0.4 is 4.90 Å². The average Bonchev–Trinajstić information content (AvgIpc) is 2.65. The van der Waals surface area contributed by atoms with E-state index in [1.54, 1.807) is 11.3 Å². The summed E-state index contributed by atoms with van der Waals surface area (Å²) in [5.41, 5.74) is 0. The zero-order chi connectivity index (χ0) is 11.3. The molecule has 1 rings (SSSR count). The lowest BCUT2D eigenvalue weighted by molar-refractivity contribution is 0.594. The van der Waals surface area contributed by atoms with Crippen LogP contribution in [0.1, 0.15) is 40.0 Å². The Morgan fingerprint density at radius 2 is 2.27 bits per heavy atom. The molecule has 2 nitrogen and oxygen atoms in total. The van der Waals surface area contributed by atoms with Crippen molar-refractivity contribution < 1.29 is 0 Å². The summed E-state index contributed by atoms with van der Waals surface area (Å²) in [6.45, 7) is 7.74. The Bertz CT molecular complexity index is 288. The quantitative estimate of drug-likeness (QED) is 0.748. The first kappa shape index (κ1) is 12.8. The fourth-order valence-corrected chi connectivity index (χ4v) is 2.51. The van der Waals surface area contributed by atoms with E-state index in [1.807, 2.05) is 5.38 Å². The predicted molar refractivity (Wildman–Crippen MR) is 69.1 cm³/mol. The molecule has 4 heteroatoms. The van der Waals surface area contributed by atoms with E-state index < -0.39 is 0 Å². The summed E-state index contributed by atoms with van der Waals surface area (Å²) in [7, 11) is 0. The van der Waals surface area contributed by atoms with Crippen molar-refractivity contribution in [3.63, 3.8) is 0 Å². The zero-order valence-electron chi connectivity index (χ0n) is 9.66. The van der Waals surface area contributed by atoms with Gasteiger partial charge >= 0.3 is 0 Å². The highest BCUT2D eigenvalue weighted by atomic mass is 35.5. The number of nitrogens with zero attached hydrogens (tertiary/aromatic N) is 2. The Kier molecular flexibility index (Phi) is 5.40. The van der Waals surface area contributed by atoms with Crippen LogP contribution in [0.2, 0.25) is 5.15 Å². The van der Waals surface area contributed by atoms with Crippen LogP contribution in [0.3, 0.4) is 0 Å². The van der Waals surface area contributed by atoms with Gasteiger partial charge in [-0.3, -0.25) is 0 Å². The van der Waals surface area contributed by atoms with Crippen LogP contribution in [0, 0.1) is 0 Å². The summed E-state index contributed by atoms with van der Waals surface area (Å²) >= 11 is 7.49. The van der Waals surface area contributed by atoms with Crippen molar-refractivity contribution in [1.29, 1.82) is 0 Å². The van der Waals surface area contributed by atoms with Crippen molar-refractivity contribution in [2.75, 3.05) is 11.4 Å². The molecule has 1 aromatic rings. The number of anilines is 1. The van der Waals surface area contributed by atoms with Gasteiger partial charge in [0.25, 0.3) is 0 Å².